The lowest BCUT2D eigenvalue weighted by molar-refractivity contribution is -0.303. The summed E-state index contributed by atoms with van der Waals surface area (Å²) in [6.45, 7) is 12.0. The van der Waals surface area contributed by atoms with Crippen molar-refractivity contribution in [3.63, 3.8) is 0 Å². The molecule has 0 aromatic carbocycles. The van der Waals surface area contributed by atoms with Gasteiger partial charge >= 0.3 is 6.36 Å². The zero-order chi connectivity index (χ0) is 11.8. The lowest BCUT2D eigenvalue weighted by Gasteiger charge is -2.08. The molecule has 0 aliphatic heterocycles. The van der Waals surface area contributed by atoms with Gasteiger partial charge in [-0.05, 0) is 18.6 Å². The molecule has 0 aromatic heterocycles. The van der Waals surface area contributed by atoms with E-state index in [2.05, 4.69) is 17.9 Å². The van der Waals surface area contributed by atoms with Crippen molar-refractivity contribution in [2.45, 2.75) is 27.1 Å². The summed E-state index contributed by atoms with van der Waals surface area (Å²) in [5.41, 5.74) is 0.559. The van der Waals surface area contributed by atoms with Crippen LogP contribution in [0.5, 0.6) is 0 Å². The van der Waals surface area contributed by atoms with Gasteiger partial charge in [0, 0.05) is 0 Å². The molecule has 0 saturated heterocycles. The summed E-state index contributed by atoms with van der Waals surface area (Å²) in [5, 5.41) is 0. The molecule has 0 amide bonds. The van der Waals surface area contributed by atoms with Crippen molar-refractivity contribution in [3.05, 3.63) is 36.6 Å². The molecule has 0 rings (SSSR count). The first kappa shape index (κ1) is 15.3. The molecule has 0 saturated carbocycles. The van der Waals surface area contributed by atoms with Crippen molar-refractivity contribution in [2.24, 2.45) is 0 Å². The van der Waals surface area contributed by atoms with Crippen LogP contribution in [0.4, 0.5) is 13.2 Å². The third-order valence-electron chi connectivity index (χ3n) is 0.957. The van der Waals surface area contributed by atoms with E-state index in [1.165, 1.54) is 6.08 Å². The maximum atomic E-state index is 11.5. The molecular formula is C10H15F3O. The molecule has 0 heterocycles. The highest BCUT2D eigenvalue weighted by atomic mass is 19.4. The number of alkyl halides is 3. The van der Waals surface area contributed by atoms with E-state index in [4.69, 9.17) is 0 Å². The van der Waals surface area contributed by atoms with Gasteiger partial charge in [-0.3, -0.25) is 0 Å². The quantitative estimate of drug-likeness (QED) is 0.499. The first-order valence-corrected chi connectivity index (χ1v) is 4.10. The predicted molar refractivity (Wildman–Crippen MR) is 51.6 cm³/mol. The summed E-state index contributed by atoms with van der Waals surface area (Å²) in [6.07, 6.45) is -2.11. The average molecular weight is 208 g/mol. The molecule has 0 fully saturated rings. The SMILES string of the molecule is C=C/C(C)=C\C(=C)OC(F)(F)F.CC. The van der Waals surface area contributed by atoms with Gasteiger partial charge in [-0.25, -0.2) is 0 Å². The number of ether oxygens (including phenoxy) is 1. The summed E-state index contributed by atoms with van der Waals surface area (Å²) in [7, 11) is 0. The number of allylic oxidation sites excluding steroid dienone is 3. The first-order valence-electron chi connectivity index (χ1n) is 4.10. The second kappa shape index (κ2) is 7.24. The van der Waals surface area contributed by atoms with E-state index in [1.807, 2.05) is 13.8 Å². The maximum absolute atomic E-state index is 11.5. The highest BCUT2D eigenvalue weighted by Crippen LogP contribution is 2.20. The molecule has 0 N–H and O–H groups in total. The topological polar surface area (TPSA) is 9.23 Å². The van der Waals surface area contributed by atoms with Crippen LogP contribution in [0.3, 0.4) is 0 Å². The van der Waals surface area contributed by atoms with Crippen LogP contribution in [0.1, 0.15) is 20.8 Å². The molecule has 0 aromatic rings. The van der Waals surface area contributed by atoms with E-state index in [1.54, 1.807) is 6.92 Å². The van der Waals surface area contributed by atoms with Crippen LogP contribution >= 0.6 is 0 Å². The normalized spacial score (nSPS) is 11.1. The van der Waals surface area contributed by atoms with Gasteiger partial charge in [-0.2, -0.15) is 0 Å². The first-order chi connectivity index (χ1) is 6.35. The molecule has 4 heteroatoms. The van der Waals surface area contributed by atoms with Crippen LogP contribution in [0.15, 0.2) is 36.6 Å². The number of hydrogen-bond donors (Lipinski definition) is 0. The van der Waals surface area contributed by atoms with E-state index in [9.17, 15) is 13.2 Å². The molecule has 0 radical (unpaired) electrons. The molecule has 0 aliphatic carbocycles. The van der Waals surface area contributed by atoms with Crippen LogP contribution in [-0.2, 0) is 4.74 Å². The van der Waals surface area contributed by atoms with Crippen molar-refractivity contribution in [3.8, 4) is 0 Å². The fourth-order valence-corrected chi connectivity index (χ4v) is 0.491. The Labute approximate surface area is 82.6 Å². The van der Waals surface area contributed by atoms with Crippen LogP contribution in [0, 0.1) is 0 Å². The molecular weight excluding hydrogens is 193 g/mol. The molecule has 1 nitrogen and oxygen atoms in total. The lowest BCUT2D eigenvalue weighted by atomic mass is 10.3. The minimum Gasteiger partial charge on any atom is -0.406 e. The second-order valence-corrected chi connectivity index (χ2v) is 2.11. The highest BCUT2D eigenvalue weighted by Gasteiger charge is 2.30. The van der Waals surface area contributed by atoms with Crippen molar-refractivity contribution in [1.29, 1.82) is 0 Å². The monoisotopic (exact) mass is 208 g/mol. The van der Waals surface area contributed by atoms with E-state index in [-0.39, 0.29) is 0 Å². The Morgan fingerprint density at radius 1 is 1.29 bits per heavy atom. The maximum Gasteiger partial charge on any atom is 0.573 e. The minimum atomic E-state index is -4.67. The molecule has 0 aliphatic rings. The Bertz CT molecular complexity index is 214. The van der Waals surface area contributed by atoms with Crippen LogP contribution in [-0.4, -0.2) is 6.36 Å². The zero-order valence-electron chi connectivity index (χ0n) is 8.61. The smallest absolute Gasteiger partial charge is 0.406 e. The fourth-order valence-electron chi connectivity index (χ4n) is 0.491. The van der Waals surface area contributed by atoms with Gasteiger partial charge in [0.15, 0.2) is 0 Å². The fraction of sp³-hybridized carbons (Fsp3) is 0.400. The second-order valence-electron chi connectivity index (χ2n) is 2.11. The predicted octanol–water partition coefficient (Wildman–Crippen LogP) is 4.20. The summed E-state index contributed by atoms with van der Waals surface area (Å²) >= 11 is 0. The van der Waals surface area contributed by atoms with Gasteiger partial charge in [0.2, 0.25) is 0 Å². The van der Waals surface area contributed by atoms with Crippen LogP contribution in [0.25, 0.3) is 0 Å². The molecule has 0 unspecified atom stereocenters. The van der Waals surface area contributed by atoms with E-state index in [0.717, 1.165) is 6.08 Å². The molecule has 14 heavy (non-hydrogen) atoms. The van der Waals surface area contributed by atoms with Crippen molar-refractivity contribution in [2.75, 3.05) is 0 Å². The standard InChI is InChI=1S/C8H9F3O.C2H6/c1-4-6(2)5-7(3)12-8(9,10)11;1-2/h4-5H,1,3H2,2H3;1-2H3/b6-5-;. The van der Waals surface area contributed by atoms with Gasteiger partial charge in [0.25, 0.3) is 0 Å². The van der Waals surface area contributed by atoms with Gasteiger partial charge in [0.1, 0.15) is 5.76 Å². The Hall–Kier alpha value is -1.19. The number of rotatable bonds is 3. The summed E-state index contributed by atoms with van der Waals surface area (Å²) in [5.74, 6) is -0.445. The van der Waals surface area contributed by atoms with Gasteiger partial charge < -0.3 is 4.74 Å². The summed E-state index contributed by atoms with van der Waals surface area (Å²) in [4.78, 5) is 0. The Morgan fingerprint density at radius 2 is 1.71 bits per heavy atom. The lowest BCUT2D eigenvalue weighted by Crippen LogP contribution is -2.11. The average Bonchev–Trinajstić information content (AvgIpc) is 2.04. The van der Waals surface area contributed by atoms with Gasteiger partial charge in [0.05, 0.1) is 0 Å². The molecule has 0 atom stereocenters. The van der Waals surface area contributed by atoms with Crippen molar-refractivity contribution < 1.29 is 17.9 Å². The molecule has 0 spiro atoms. The summed E-state index contributed by atoms with van der Waals surface area (Å²) < 4.78 is 38.1. The largest absolute Gasteiger partial charge is 0.573 e. The highest BCUT2D eigenvalue weighted by molar-refractivity contribution is 5.22. The molecule has 82 valence electrons. The van der Waals surface area contributed by atoms with Crippen LogP contribution in [0.2, 0.25) is 0 Å². The van der Waals surface area contributed by atoms with E-state index < -0.39 is 12.1 Å². The molecule has 0 bridgehead atoms. The van der Waals surface area contributed by atoms with Crippen LogP contribution < -0.4 is 0 Å². The van der Waals surface area contributed by atoms with Crippen molar-refractivity contribution in [1.82, 2.24) is 0 Å². The minimum absolute atomic E-state index is 0.445. The Morgan fingerprint density at radius 3 is 2.00 bits per heavy atom. The Balaban J connectivity index is 0. The van der Waals surface area contributed by atoms with Gasteiger partial charge in [-0.15, -0.1) is 13.2 Å². The summed E-state index contributed by atoms with van der Waals surface area (Å²) in [6, 6.07) is 0. The van der Waals surface area contributed by atoms with E-state index in [0.29, 0.717) is 5.57 Å². The zero-order valence-corrected chi connectivity index (χ0v) is 8.61. The Kier molecular flexibility index (Phi) is 7.90. The third-order valence-corrected chi connectivity index (χ3v) is 0.957. The third kappa shape index (κ3) is 10.8. The van der Waals surface area contributed by atoms with Gasteiger partial charge in [-0.1, -0.05) is 33.1 Å². The van der Waals surface area contributed by atoms with E-state index >= 15 is 0 Å². The van der Waals surface area contributed by atoms with Crippen molar-refractivity contribution >= 4 is 0 Å². The number of halogens is 3. The number of hydrogen-bond acceptors (Lipinski definition) is 1.